The minimum atomic E-state index is -0.313. The first-order valence-electron chi connectivity index (χ1n) is 7.48. The maximum atomic E-state index is 13.2. The number of para-hydroxylation sites is 2. The zero-order valence-corrected chi connectivity index (χ0v) is 13.5. The van der Waals surface area contributed by atoms with E-state index in [2.05, 4.69) is 5.32 Å². The predicted molar refractivity (Wildman–Crippen MR) is 89.1 cm³/mol. The number of rotatable bonds is 5. The van der Waals surface area contributed by atoms with Crippen molar-refractivity contribution in [3.8, 4) is 5.75 Å². The highest BCUT2D eigenvalue weighted by Crippen LogP contribution is 2.25. The molecule has 0 aliphatic carbocycles. The van der Waals surface area contributed by atoms with E-state index >= 15 is 0 Å². The number of carbonyl (C=O) groups excluding carboxylic acids is 1. The van der Waals surface area contributed by atoms with Crippen LogP contribution in [0, 0.1) is 5.82 Å². The number of benzene rings is 2. The number of hydrogen-bond acceptors (Lipinski definition) is 2. The molecule has 0 aliphatic heterocycles. The van der Waals surface area contributed by atoms with Crippen LogP contribution in [0.15, 0.2) is 48.5 Å². The van der Waals surface area contributed by atoms with Crippen molar-refractivity contribution >= 4 is 11.7 Å². The molecule has 0 heterocycles. The summed E-state index contributed by atoms with van der Waals surface area (Å²) in [6, 6.07) is 13.2. The molecule has 23 heavy (non-hydrogen) atoms. The normalized spacial score (nSPS) is 10.5. The van der Waals surface area contributed by atoms with Crippen molar-refractivity contribution in [3.05, 3.63) is 59.9 Å². The molecule has 0 spiro atoms. The lowest BCUT2D eigenvalue weighted by Crippen LogP contribution is -2.31. The molecule has 2 amide bonds. The highest BCUT2D eigenvalue weighted by molar-refractivity contribution is 5.90. The highest BCUT2D eigenvalue weighted by Gasteiger charge is 2.13. The van der Waals surface area contributed by atoms with E-state index in [4.69, 9.17) is 4.74 Å². The number of carbonyl (C=O) groups is 1. The fraction of sp³-hybridized carbons (Fsp3) is 0.278. The summed E-state index contributed by atoms with van der Waals surface area (Å²) in [4.78, 5) is 13.8. The Morgan fingerprint density at radius 1 is 1.22 bits per heavy atom. The summed E-state index contributed by atoms with van der Waals surface area (Å²) < 4.78 is 18.9. The minimum Gasteiger partial charge on any atom is -0.489 e. The van der Waals surface area contributed by atoms with Gasteiger partial charge < -0.3 is 15.0 Å². The fourth-order valence-corrected chi connectivity index (χ4v) is 2.12. The molecule has 4 nitrogen and oxygen atoms in total. The minimum absolute atomic E-state index is 0.0121. The van der Waals surface area contributed by atoms with Crippen molar-refractivity contribution < 1.29 is 13.9 Å². The Hall–Kier alpha value is -2.56. The van der Waals surface area contributed by atoms with Gasteiger partial charge in [-0.05, 0) is 43.7 Å². The Bertz CT molecular complexity index is 674. The van der Waals surface area contributed by atoms with Gasteiger partial charge in [0.15, 0.2) is 0 Å². The molecular weight excluding hydrogens is 295 g/mol. The zero-order chi connectivity index (χ0) is 16.8. The summed E-state index contributed by atoms with van der Waals surface area (Å²) in [5.74, 6) is 0.307. The quantitative estimate of drug-likeness (QED) is 0.894. The Labute approximate surface area is 135 Å². The number of anilines is 1. The molecule has 1 N–H and O–H groups in total. The number of urea groups is 1. The van der Waals surface area contributed by atoms with Gasteiger partial charge in [0.05, 0.1) is 11.8 Å². The van der Waals surface area contributed by atoms with E-state index in [0.717, 1.165) is 5.56 Å². The molecule has 0 unspecified atom stereocenters. The molecular formula is C18H21FN2O2. The second-order valence-corrected chi connectivity index (χ2v) is 5.58. The predicted octanol–water partition coefficient (Wildman–Crippen LogP) is 4.28. The Kier molecular flexibility index (Phi) is 5.57. The Morgan fingerprint density at radius 3 is 2.65 bits per heavy atom. The van der Waals surface area contributed by atoms with Crippen molar-refractivity contribution in [2.24, 2.45) is 0 Å². The van der Waals surface area contributed by atoms with Gasteiger partial charge in [0.2, 0.25) is 0 Å². The molecule has 2 aromatic carbocycles. The molecule has 0 aliphatic rings. The topological polar surface area (TPSA) is 41.6 Å². The van der Waals surface area contributed by atoms with Crippen LogP contribution in [-0.4, -0.2) is 24.1 Å². The number of halogens is 1. The molecule has 2 aromatic rings. The van der Waals surface area contributed by atoms with E-state index < -0.39 is 0 Å². The zero-order valence-electron chi connectivity index (χ0n) is 13.5. The van der Waals surface area contributed by atoms with Crippen LogP contribution in [0.25, 0.3) is 0 Å². The van der Waals surface area contributed by atoms with Crippen LogP contribution < -0.4 is 10.1 Å². The van der Waals surface area contributed by atoms with Crippen molar-refractivity contribution in [3.63, 3.8) is 0 Å². The van der Waals surface area contributed by atoms with Crippen LogP contribution in [0.5, 0.6) is 5.75 Å². The van der Waals surface area contributed by atoms with Crippen LogP contribution in [0.4, 0.5) is 14.9 Å². The molecule has 2 rings (SSSR count). The Balaban J connectivity index is 2.04. The van der Waals surface area contributed by atoms with Gasteiger partial charge in [-0.3, -0.25) is 0 Å². The first-order chi connectivity index (χ1) is 11.0. The van der Waals surface area contributed by atoms with Gasteiger partial charge in [-0.25, -0.2) is 9.18 Å². The maximum Gasteiger partial charge on any atom is 0.321 e. The molecule has 0 aromatic heterocycles. The molecule has 122 valence electrons. The fourth-order valence-electron chi connectivity index (χ4n) is 2.12. The van der Waals surface area contributed by atoms with E-state index in [9.17, 15) is 9.18 Å². The van der Waals surface area contributed by atoms with E-state index in [1.165, 1.54) is 17.0 Å². The van der Waals surface area contributed by atoms with E-state index in [0.29, 0.717) is 18.0 Å². The van der Waals surface area contributed by atoms with Gasteiger partial charge in [0.1, 0.15) is 11.6 Å². The van der Waals surface area contributed by atoms with E-state index in [-0.39, 0.29) is 18.0 Å². The van der Waals surface area contributed by atoms with Crippen molar-refractivity contribution in [2.75, 3.05) is 12.4 Å². The number of ether oxygens (including phenoxy) is 1. The van der Waals surface area contributed by atoms with Gasteiger partial charge in [-0.1, -0.05) is 24.3 Å². The van der Waals surface area contributed by atoms with Gasteiger partial charge in [-0.2, -0.15) is 0 Å². The van der Waals surface area contributed by atoms with Gasteiger partial charge in [0, 0.05) is 13.6 Å². The third-order valence-electron chi connectivity index (χ3n) is 3.15. The second-order valence-electron chi connectivity index (χ2n) is 5.58. The molecule has 0 bridgehead atoms. The standard InChI is InChI=1S/C18H21FN2O2/c1-13(2)23-17-10-5-4-9-16(17)20-18(22)21(3)12-14-7-6-8-15(19)11-14/h4-11,13H,12H2,1-3H3,(H,20,22). The van der Waals surface area contributed by atoms with E-state index in [1.807, 2.05) is 32.0 Å². The number of amides is 2. The van der Waals surface area contributed by atoms with Gasteiger partial charge in [-0.15, -0.1) is 0 Å². The number of nitrogens with zero attached hydrogens (tertiary/aromatic N) is 1. The van der Waals surface area contributed by atoms with Crippen LogP contribution in [0.2, 0.25) is 0 Å². The summed E-state index contributed by atoms with van der Waals surface area (Å²) in [5.41, 5.74) is 1.34. The lowest BCUT2D eigenvalue weighted by Gasteiger charge is -2.20. The molecule has 5 heteroatoms. The molecule has 0 atom stereocenters. The van der Waals surface area contributed by atoms with Crippen molar-refractivity contribution in [1.82, 2.24) is 4.90 Å². The molecule has 0 radical (unpaired) electrons. The summed E-state index contributed by atoms with van der Waals surface area (Å²) in [5, 5.41) is 2.82. The van der Waals surface area contributed by atoms with Crippen LogP contribution in [0.3, 0.4) is 0 Å². The van der Waals surface area contributed by atoms with Crippen LogP contribution in [0.1, 0.15) is 19.4 Å². The van der Waals surface area contributed by atoms with Gasteiger partial charge >= 0.3 is 6.03 Å². The summed E-state index contributed by atoms with van der Waals surface area (Å²) in [7, 11) is 1.66. The van der Waals surface area contributed by atoms with Crippen molar-refractivity contribution in [1.29, 1.82) is 0 Å². The lowest BCUT2D eigenvalue weighted by atomic mass is 10.2. The highest BCUT2D eigenvalue weighted by atomic mass is 19.1. The summed E-state index contributed by atoms with van der Waals surface area (Å²) >= 11 is 0. The SMILES string of the molecule is CC(C)Oc1ccccc1NC(=O)N(C)Cc1cccc(F)c1. The first-order valence-corrected chi connectivity index (χ1v) is 7.48. The van der Waals surface area contributed by atoms with Crippen LogP contribution >= 0.6 is 0 Å². The van der Waals surface area contributed by atoms with Gasteiger partial charge in [0.25, 0.3) is 0 Å². The lowest BCUT2D eigenvalue weighted by molar-refractivity contribution is 0.219. The molecule has 0 saturated carbocycles. The monoisotopic (exact) mass is 316 g/mol. The average molecular weight is 316 g/mol. The molecule has 0 saturated heterocycles. The first kappa shape index (κ1) is 16.8. The average Bonchev–Trinajstić information content (AvgIpc) is 2.48. The summed E-state index contributed by atoms with van der Waals surface area (Å²) in [6.45, 7) is 4.17. The largest absolute Gasteiger partial charge is 0.489 e. The third-order valence-corrected chi connectivity index (χ3v) is 3.15. The van der Waals surface area contributed by atoms with Crippen molar-refractivity contribution in [2.45, 2.75) is 26.5 Å². The smallest absolute Gasteiger partial charge is 0.321 e. The number of hydrogen-bond donors (Lipinski definition) is 1. The second kappa shape index (κ2) is 7.63. The van der Waals surface area contributed by atoms with Crippen LogP contribution in [-0.2, 0) is 6.54 Å². The Morgan fingerprint density at radius 2 is 1.96 bits per heavy atom. The maximum absolute atomic E-state index is 13.2. The summed E-state index contributed by atoms with van der Waals surface area (Å²) in [6.07, 6.45) is 0.0121. The number of nitrogens with one attached hydrogen (secondary N) is 1. The molecule has 0 fully saturated rings. The van der Waals surface area contributed by atoms with E-state index in [1.54, 1.807) is 25.2 Å². The third kappa shape index (κ3) is 4.98.